The smallest absolute Gasteiger partial charge is 0.0161 e. The molecular formula is C15H22. The van der Waals surface area contributed by atoms with E-state index in [2.05, 4.69) is 45.0 Å². The Morgan fingerprint density at radius 1 is 1.13 bits per heavy atom. The van der Waals surface area contributed by atoms with E-state index in [1.54, 1.807) is 5.56 Å². The summed E-state index contributed by atoms with van der Waals surface area (Å²) in [5.74, 6) is 0.818. The van der Waals surface area contributed by atoms with Crippen molar-refractivity contribution >= 4 is 0 Å². The first-order valence-corrected chi connectivity index (χ1v) is 6.13. The lowest BCUT2D eigenvalue weighted by atomic mass is 9.71. The summed E-state index contributed by atoms with van der Waals surface area (Å²) in [6.45, 7) is 7.00. The highest BCUT2D eigenvalue weighted by Crippen LogP contribution is 2.42. The number of hydrogen-bond donors (Lipinski definition) is 0. The topological polar surface area (TPSA) is 0 Å². The maximum Gasteiger partial charge on any atom is -0.0161 e. The van der Waals surface area contributed by atoms with Crippen LogP contribution in [-0.4, -0.2) is 0 Å². The van der Waals surface area contributed by atoms with Crippen molar-refractivity contribution in [3.63, 3.8) is 0 Å². The minimum absolute atomic E-state index is 0.584. The van der Waals surface area contributed by atoms with Crippen molar-refractivity contribution in [2.75, 3.05) is 0 Å². The average molecular weight is 202 g/mol. The van der Waals surface area contributed by atoms with Gasteiger partial charge in [-0.3, -0.25) is 0 Å². The van der Waals surface area contributed by atoms with Crippen molar-refractivity contribution in [1.29, 1.82) is 0 Å². The molecule has 1 aliphatic rings. The standard InChI is InChI=1S/C15H22/c1-12-5-4-6-14(11-12)13-7-9-15(2,3)10-8-13/h4-6,11,13H,7-10H2,1-3H3. The summed E-state index contributed by atoms with van der Waals surface area (Å²) in [6, 6.07) is 9.06. The van der Waals surface area contributed by atoms with E-state index in [9.17, 15) is 0 Å². The Morgan fingerprint density at radius 3 is 2.40 bits per heavy atom. The molecule has 15 heavy (non-hydrogen) atoms. The fraction of sp³-hybridized carbons (Fsp3) is 0.600. The number of rotatable bonds is 1. The minimum Gasteiger partial charge on any atom is -0.0617 e. The van der Waals surface area contributed by atoms with E-state index in [1.165, 1.54) is 31.2 Å². The predicted octanol–water partition coefficient (Wildman–Crippen LogP) is 4.68. The van der Waals surface area contributed by atoms with Gasteiger partial charge < -0.3 is 0 Å². The van der Waals surface area contributed by atoms with Crippen molar-refractivity contribution in [3.05, 3.63) is 35.4 Å². The molecule has 0 atom stereocenters. The van der Waals surface area contributed by atoms with Crippen LogP contribution < -0.4 is 0 Å². The zero-order valence-corrected chi connectivity index (χ0v) is 10.2. The molecule has 0 nitrogen and oxygen atoms in total. The first-order chi connectivity index (χ1) is 7.07. The molecule has 0 bridgehead atoms. The Kier molecular flexibility index (Phi) is 2.86. The van der Waals surface area contributed by atoms with Crippen LogP contribution >= 0.6 is 0 Å². The van der Waals surface area contributed by atoms with Gasteiger partial charge in [-0.05, 0) is 49.5 Å². The van der Waals surface area contributed by atoms with Gasteiger partial charge in [-0.25, -0.2) is 0 Å². The normalized spacial score (nSPS) is 21.5. The van der Waals surface area contributed by atoms with Crippen LogP contribution in [0.15, 0.2) is 24.3 Å². The van der Waals surface area contributed by atoms with Gasteiger partial charge in [0, 0.05) is 0 Å². The van der Waals surface area contributed by atoms with Gasteiger partial charge in [0.2, 0.25) is 0 Å². The highest BCUT2D eigenvalue weighted by atomic mass is 14.3. The first kappa shape index (κ1) is 10.7. The SMILES string of the molecule is Cc1cccc(C2CCC(C)(C)CC2)c1. The van der Waals surface area contributed by atoms with Crippen molar-refractivity contribution in [3.8, 4) is 0 Å². The molecule has 1 aromatic carbocycles. The van der Waals surface area contributed by atoms with E-state index in [0.717, 1.165) is 5.92 Å². The molecule has 1 aliphatic carbocycles. The fourth-order valence-corrected chi connectivity index (χ4v) is 2.66. The largest absolute Gasteiger partial charge is 0.0617 e. The monoisotopic (exact) mass is 202 g/mol. The molecule has 1 aromatic rings. The second kappa shape index (κ2) is 4.00. The van der Waals surface area contributed by atoms with Gasteiger partial charge in [-0.1, -0.05) is 43.7 Å². The molecule has 0 amide bonds. The molecule has 2 rings (SSSR count). The van der Waals surface area contributed by atoms with Crippen molar-refractivity contribution in [2.45, 2.75) is 52.4 Å². The van der Waals surface area contributed by atoms with Crippen LogP contribution in [0.4, 0.5) is 0 Å². The Hall–Kier alpha value is -0.780. The Morgan fingerprint density at radius 2 is 1.80 bits per heavy atom. The molecule has 0 aromatic heterocycles. The molecule has 0 unspecified atom stereocenters. The van der Waals surface area contributed by atoms with Gasteiger partial charge in [-0.2, -0.15) is 0 Å². The predicted molar refractivity (Wildman–Crippen MR) is 66.2 cm³/mol. The van der Waals surface area contributed by atoms with Gasteiger partial charge in [0.25, 0.3) is 0 Å². The van der Waals surface area contributed by atoms with Gasteiger partial charge in [0.15, 0.2) is 0 Å². The highest BCUT2D eigenvalue weighted by molar-refractivity contribution is 5.25. The highest BCUT2D eigenvalue weighted by Gasteiger charge is 2.27. The van der Waals surface area contributed by atoms with Crippen LogP contribution in [0.1, 0.15) is 56.6 Å². The van der Waals surface area contributed by atoms with Crippen LogP contribution in [0, 0.1) is 12.3 Å². The molecule has 82 valence electrons. The average Bonchev–Trinajstić information content (AvgIpc) is 2.17. The minimum atomic E-state index is 0.584. The summed E-state index contributed by atoms with van der Waals surface area (Å²) in [7, 11) is 0. The van der Waals surface area contributed by atoms with E-state index in [4.69, 9.17) is 0 Å². The van der Waals surface area contributed by atoms with E-state index < -0.39 is 0 Å². The second-order valence-corrected chi connectivity index (χ2v) is 5.85. The van der Waals surface area contributed by atoms with Crippen LogP contribution in [-0.2, 0) is 0 Å². The lowest BCUT2D eigenvalue weighted by molar-refractivity contribution is 0.224. The molecule has 0 heteroatoms. The van der Waals surface area contributed by atoms with E-state index >= 15 is 0 Å². The van der Waals surface area contributed by atoms with Crippen molar-refractivity contribution in [2.24, 2.45) is 5.41 Å². The fourth-order valence-electron chi connectivity index (χ4n) is 2.66. The number of benzene rings is 1. The van der Waals surface area contributed by atoms with Gasteiger partial charge in [0.1, 0.15) is 0 Å². The third-order valence-corrected chi connectivity index (χ3v) is 3.85. The lowest BCUT2D eigenvalue weighted by Crippen LogP contribution is -2.20. The third-order valence-electron chi connectivity index (χ3n) is 3.85. The molecule has 0 N–H and O–H groups in total. The molecule has 1 saturated carbocycles. The Labute approximate surface area is 93.7 Å². The van der Waals surface area contributed by atoms with E-state index in [-0.39, 0.29) is 0 Å². The Balaban J connectivity index is 2.08. The molecule has 0 heterocycles. The van der Waals surface area contributed by atoms with Crippen molar-refractivity contribution in [1.82, 2.24) is 0 Å². The molecule has 0 saturated heterocycles. The zero-order chi connectivity index (χ0) is 10.9. The number of hydrogen-bond acceptors (Lipinski definition) is 0. The molecule has 1 fully saturated rings. The van der Waals surface area contributed by atoms with E-state index in [0.29, 0.717) is 5.41 Å². The summed E-state index contributed by atoms with van der Waals surface area (Å²) >= 11 is 0. The van der Waals surface area contributed by atoms with Crippen LogP contribution in [0.2, 0.25) is 0 Å². The quantitative estimate of drug-likeness (QED) is 0.620. The van der Waals surface area contributed by atoms with E-state index in [1.807, 2.05) is 0 Å². The summed E-state index contributed by atoms with van der Waals surface area (Å²) in [5.41, 5.74) is 3.54. The summed E-state index contributed by atoms with van der Waals surface area (Å²) in [6.07, 6.45) is 5.50. The zero-order valence-electron chi connectivity index (χ0n) is 10.2. The van der Waals surface area contributed by atoms with Crippen LogP contribution in [0.5, 0.6) is 0 Å². The van der Waals surface area contributed by atoms with Gasteiger partial charge in [-0.15, -0.1) is 0 Å². The summed E-state index contributed by atoms with van der Waals surface area (Å²) in [5, 5.41) is 0. The molecular weight excluding hydrogens is 180 g/mol. The summed E-state index contributed by atoms with van der Waals surface area (Å²) < 4.78 is 0. The van der Waals surface area contributed by atoms with Crippen molar-refractivity contribution < 1.29 is 0 Å². The maximum absolute atomic E-state index is 2.40. The lowest BCUT2D eigenvalue weighted by Gasteiger charge is -2.34. The Bertz CT molecular complexity index is 326. The van der Waals surface area contributed by atoms with Crippen LogP contribution in [0.3, 0.4) is 0 Å². The third kappa shape index (κ3) is 2.62. The van der Waals surface area contributed by atoms with Gasteiger partial charge >= 0.3 is 0 Å². The van der Waals surface area contributed by atoms with Gasteiger partial charge in [0.05, 0.1) is 0 Å². The second-order valence-electron chi connectivity index (χ2n) is 5.85. The molecule has 0 aliphatic heterocycles. The summed E-state index contributed by atoms with van der Waals surface area (Å²) in [4.78, 5) is 0. The number of aryl methyl sites for hydroxylation is 1. The molecule has 0 spiro atoms. The van der Waals surface area contributed by atoms with Crippen LogP contribution in [0.25, 0.3) is 0 Å². The first-order valence-electron chi connectivity index (χ1n) is 6.13. The molecule has 0 radical (unpaired) electrons. The maximum atomic E-state index is 2.40.